The lowest BCUT2D eigenvalue weighted by atomic mass is 10.0. The lowest BCUT2D eigenvalue weighted by molar-refractivity contribution is 0.130. The minimum atomic E-state index is -0.430. The van der Waals surface area contributed by atoms with Gasteiger partial charge < -0.3 is 10.1 Å². The summed E-state index contributed by atoms with van der Waals surface area (Å²) in [6, 6.07) is 6.04. The van der Waals surface area contributed by atoms with Gasteiger partial charge in [0, 0.05) is 35.5 Å². The smallest absolute Gasteiger partial charge is 0.233 e. The Bertz CT molecular complexity index is 1180. The van der Waals surface area contributed by atoms with Crippen LogP contribution >= 0.6 is 0 Å². The quantitative estimate of drug-likeness (QED) is 0.477. The second-order valence-corrected chi connectivity index (χ2v) is 7.89. The highest BCUT2D eigenvalue weighted by atomic mass is 19.1. The first-order valence-corrected chi connectivity index (χ1v) is 10.0. The monoisotopic (exact) mass is 406 g/mol. The summed E-state index contributed by atoms with van der Waals surface area (Å²) in [5.41, 5.74) is 2.89. The average molecular weight is 406 g/mol. The Balaban J connectivity index is 1.31. The predicted molar refractivity (Wildman–Crippen MR) is 106 cm³/mol. The van der Waals surface area contributed by atoms with E-state index in [4.69, 9.17) is 4.74 Å². The van der Waals surface area contributed by atoms with Crippen molar-refractivity contribution in [2.75, 3.05) is 0 Å². The van der Waals surface area contributed by atoms with Crippen molar-refractivity contribution in [1.82, 2.24) is 41.1 Å². The molecule has 5 heterocycles. The van der Waals surface area contributed by atoms with Gasteiger partial charge in [-0.3, -0.25) is 5.10 Å². The standard InChI is InChI=1S/C20H19FN8O/c21-15-7-14(19-20(28-29-27-19)18(15)10-8-22-23-9-10)16-3-4-17(26-25-16)30-13-5-11-1-2-12(6-13)24-11/h3-4,7-9,11-13,24H,1-2,5-6H2,(H,22,23)(H,27,28,29)/t11-,12+,13?. The van der Waals surface area contributed by atoms with E-state index in [-0.39, 0.29) is 6.10 Å². The van der Waals surface area contributed by atoms with Crippen LogP contribution in [0.25, 0.3) is 33.4 Å². The van der Waals surface area contributed by atoms with Gasteiger partial charge in [0.05, 0.1) is 17.5 Å². The van der Waals surface area contributed by atoms with Gasteiger partial charge in [-0.05, 0) is 37.8 Å². The molecule has 0 spiro atoms. The molecule has 0 saturated carbocycles. The van der Waals surface area contributed by atoms with E-state index >= 15 is 0 Å². The molecule has 6 rings (SSSR count). The fraction of sp³-hybridized carbons (Fsp3) is 0.350. The maximum atomic E-state index is 15.0. The summed E-state index contributed by atoms with van der Waals surface area (Å²) in [5, 5.41) is 29.6. The Labute approximate surface area is 170 Å². The number of H-pyrrole nitrogens is 2. The number of rotatable bonds is 4. The lowest BCUT2D eigenvalue weighted by Crippen LogP contribution is -2.42. The molecule has 10 heteroatoms. The minimum Gasteiger partial charge on any atom is -0.473 e. The Morgan fingerprint density at radius 2 is 1.87 bits per heavy atom. The van der Waals surface area contributed by atoms with Crippen LogP contribution in [0, 0.1) is 5.82 Å². The van der Waals surface area contributed by atoms with Crippen molar-refractivity contribution in [3.63, 3.8) is 0 Å². The lowest BCUT2D eigenvalue weighted by Gasteiger charge is -2.28. The van der Waals surface area contributed by atoms with Crippen LogP contribution in [0.3, 0.4) is 0 Å². The molecule has 3 N–H and O–H groups in total. The van der Waals surface area contributed by atoms with Gasteiger partial charge in [0.15, 0.2) is 0 Å². The van der Waals surface area contributed by atoms with E-state index in [9.17, 15) is 4.39 Å². The van der Waals surface area contributed by atoms with Crippen molar-refractivity contribution in [2.45, 2.75) is 43.9 Å². The van der Waals surface area contributed by atoms with E-state index < -0.39 is 5.82 Å². The number of aromatic amines is 2. The average Bonchev–Trinajstić information content (AvgIpc) is 3.50. The second-order valence-electron chi connectivity index (χ2n) is 7.89. The van der Waals surface area contributed by atoms with E-state index in [1.54, 1.807) is 24.5 Å². The van der Waals surface area contributed by atoms with E-state index in [2.05, 4.69) is 41.1 Å². The van der Waals surface area contributed by atoms with E-state index in [1.165, 1.54) is 18.9 Å². The largest absolute Gasteiger partial charge is 0.473 e. The fourth-order valence-electron chi connectivity index (χ4n) is 4.63. The van der Waals surface area contributed by atoms with Crippen LogP contribution in [0.15, 0.2) is 30.6 Å². The molecule has 3 atom stereocenters. The zero-order chi connectivity index (χ0) is 20.1. The van der Waals surface area contributed by atoms with Gasteiger partial charge in [-0.15, -0.1) is 10.2 Å². The molecule has 0 aliphatic carbocycles. The fourth-order valence-corrected chi connectivity index (χ4v) is 4.63. The van der Waals surface area contributed by atoms with Crippen molar-refractivity contribution in [2.24, 2.45) is 0 Å². The normalized spacial score (nSPS) is 23.2. The minimum absolute atomic E-state index is 0.151. The maximum Gasteiger partial charge on any atom is 0.233 e. The predicted octanol–water partition coefficient (Wildman–Crippen LogP) is 2.61. The summed E-state index contributed by atoms with van der Waals surface area (Å²) >= 11 is 0. The van der Waals surface area contributed by atoms with Gasteiger partial charge in [0.1, 0.15) is 23.0 Å². The molecule has 30 heavy (non-hydrogen) atoms. The number of ether oxygens (including phenoxy) is 1. The van der Waals surface area contributed by atoms with Gasteiger partial charge >= 0.3 is 0 Å². The topological polar surface area (TPSA) is 117 Å². The molecule has 1 unspecified atom stereocenters. The van der Waals surface area contributed by atoms with Gasteiger partial charge in [0.2, 0.25) is 5.88 Å². The van der Waals surface area contributed by atoms with Crippen molar-refractivity contribution in [1.29, 1.82) is 0 Å². The van der Waals surface area contributed by atoms with Crippen molar-refractivity contribution >= 4 is 11.0 Å². The highest BCUT2D eigenvalue weighted by Gasteiger charge is 2.34. The number of piperidine rings is 1. The number of aromatic nitrogens is 7. The molecule has 2 bridgehead atoms. The Hall–Kier alpha value is -3.40. The number of hydrogen-bond donors (Lipinski definition) is 3. The molecular weight excluding hydrogens is 387 g/mol. The van der Waals surface area contributed by atoms with E-state index in [0.29, 0.717) is 51.4 Å². The molecule has 3 aromatic heterocycles. The van der Waals surface area contributed by atoms with Gasteiger partial charge in [-0.1, -0.05) is 0 Å². The van der Waals surface area contributed by atoms with Gasteiger partial charge in [0.25, 0.3) is 0 Å². The number of nitrogens with one attached hydrogen (secondary N) is 3. The first kappa shape index (κ1) is 17.5. The van der Waals surface area contributed by atoms with Crippen molar-refractivity contribution in [3.8, 4) is 28.3 Å². The third-order valence-electron chi connectivity index (χ3n) is 5.97. The molecule has 0 radical (unpaired) electrons. The van der Waals surface area contributed by atoms with Crippen LogP contribution in [0.4, 0.5) is 4.39 Å². The van der Waals surface area contributed by atoms with E-state index in [0.717, 1.165) is 12.8 Å². The molecule has 2 aliphatic rings. The summed E-state index contributed by atoms with van der Waals surface area (Å²) in [4.78, 5) is 0. The summed E-state index contributed by atoms with van der Waals surface area (Å²) < 4.78 is 21.0. The van der Waals surface area contributed by atoms with Crippen molar-refractivity contribution in [3.05, 3.63) is 36.4 Å². The molecule has 2 saturated heterocycles. The summed E-state index contributed by atoms with van der Waals surface area (Å²) in [6.07, 6.45) is 7.71. The first-order valence-electron chi connectivity index (χ1n) is 10.0. The molecule has 9 nitrogen and oxygen atoms in total. The highest BCUT2D eigenvalue weighted by Crippen LogP contribution is 2.35. The Morgan fingerprint density at radius 1 is 1.03 bits per heavy atom. The zero-order valence-electron chi connectivity index (χ0n) is 16.0. The third kappa shape index (κ3) is 2.91. The van der Waals surface area contributed by atoms with Crippen LogP contribution in [-0.2, 0) is 0 Å². The molecule has 2 fully saturated rings. The molecule has 1 aromatic carbocycles. The van der Waals surface area contributed by atoms with Crippen molar-refractivity contribution < 1.29 is 9.13 Å². The molecule has 0 amide bonds. The van der Waals surface area contributed by atoms with Crippen LogP contribution in [-0.4, -0.2) is 54.0 Å². The maximum absolute atomic E-state index is 15.0. The Kier molecular flexibility index (Phi) is 3.98. The van der Waals surface area contributed by atoms with Crippen LogP contribution < -0.4 is 10.1 Å². The number of halogens is 1. The molecule has 4 aromatic rings. The van der Waals surface area contributed by atoms with Gasteiger partial charge in [-0.2, -0.15) is 20.5 Å². The Morgan fingerprint density at radius 3 is 2.60 bits per heavy atom. The molecule has 2 aliphatic heterocycles. The summed E-state index contributed by atoms with van der Waals surface area (Å²) in [6.45, 7) is 0. The highest BCUT2D eigenvalue weighted by molar-refractivity contribution is 5.99. The first-order chi connectivity index (χ1) is 14.7. The second kappa shape index (κ2) is 6.84. The van der Waals surface area contributed by atoms with E-state index in [1.807, 2.05) is 0 Å². The third-order valence-corrected chi connectivity index (χ3v) is 5.97. The number of benzene rings is 1. The van der Waals surface area contributed by atoms with Crippen LogP contribution in [0.1, 0.15) is 25.7 Å². The van der Waals surface area contributed by atoms with Gasteiger partial charge in [-0.25, -0.2) is 4.39 Å². The summed E-state index contributed by atoms with van der Waals surface area (Å²) in [7, 11) is 0. The number of nitrogens with zero attached hydrogens (tertiary/aromatic N) is 5. The molecular formula is C20H19FN8O. The zero-order valence-corrected chi connectivity index (χ0v) is 16.0. The number of hydrogen-bond acceptors (Lipinski definition) is 7. The van der Waals surface area contributed by atoms with Crippen LogP contribution in [0.2, 0.25) is 0 Å². The van der Waals surface area contributed by atoms with Crippen LogP contribution in [0.5, 0.6) is 5.88 Å². The number of fused-ring (bicyclic) bond motifs is 3. The summed E-state index contributed by atoms with van der Waals surface area (Å²) in [5.74, 6) is 0.0528. The molecule has 152 valence electrons. The SMILES string of the molecule is Fc1cc(-c2ccc(OC3C[C@H]4CC[C@@H](C3)N4)nn2)c2n[nH]nc2c1-c1cn[nH]c1.